The molecular weight excluding hydrogens is 272 g/mol. The SMILES string of the molecule is CCCOc1cc(C)c(/C(O)=C/C(=O)C(=O)OC)c(C)c1. The molecule has 5 nitrogen and oxygen atoms in total. The highest BCUT2D eigenvalue weighted by Crippen LogP contribution is 2.26. The van der Waals surface area contributed by atoms with E-state index in [1.165, 1.54) is 0 Å². The summed E-state index contributed by atoms with van der Waals surface area (Å²) >= 11 is 0. The van der Waals surface area contributed by atoms with Crippen molar-refractivity contribution in [1.29, 1.82) is 0 Å². The number of ether oxygens (including phenoxy) is 2. The molecule has 0 aliphatic rings. The highest BCUT2D eigenvalue weighted by Gasteiger charge is 2.15. The van der Waals surface area contributed by atoms with Crippen molar-refractivity contribution >= 4 is 17.5 Å². The monoisotopic (exact) mass is 292 g/mol. The third-order valence-corrected chi connectivity index (χ3v) is 2.89. The van der Waals surface area contributed by atoms with Crippen molar-refractivity contribution in [3.05, 3.63) is 34.9 Å². The molecule has 1 aromatic carbocycles. The van der Waals surface area contributed by atoms with E-state index in [-0.39, 0.29) is 5.76 Å². The van der Waals surface area contributed by atoms with Crippen LogP contribution < -0.4 is 4.74 Å². The van der Waals surface area contributed by atoms with Crippen molar-refractivity contribution in [2.75, 3.05) is 13.7 Å². The molecule has 0 amide bonds. The van der Waals surface area contributed by atoms with Gasteiger partial charge in [-0.2, -0.15) is 0 Å². The maximum Gasteiger partial charge on any atom is 0.378 e. The number of rotatable bonds is 6. The number of benzene rings is 1. The van der Waals surface area contributed by atoms with Crippen LogP contribution in [0.2, 0.25) is 0 Å². The first-order chi connectivity index (χ1) is 9.90. The highest BCUT2D eigenvalue weighted by atomic mass is 16.5. The lowest BCUT2D eigenvalue weighted by Crippen LogP contribution is -2.13. The van der Waals surface area contributed by atoms with Crippen LogP contribution in [0.15, 0.2) is 18.2 Å². The maximum absolute atomic E-state index is 11.5. The molecule has 0 fully saturated rings. The van der Waals surface area contributed by atoms with Crippen molar-refractivity contribution in [1.82, 2.24) is 0 Å². The molecule has 0 heterocycles. The molecule has 5 heteroatoms. The van der Waals surface area contributed by atoms with Gasteiger partial charge in [0.2, 0.25) is 0 Å². The zero-order valence-corrected chi connectivity index (χ0v) is 12.7. The molecule has 0 unspecified atom stereocenters. The Morgan fingerprint density at radius 2 is 1.81 bits per heavy atom. The Morgan fingerprint density at radius 3 is 2.29 bits per heavy atom. The molecule has 0 saturated heterocycles. The van der Waals surface area contributed by atoms with E-state index in [9.17, 15) is 14.7 Å². The van der Waals surface area contributed by atoms with Crippen molar-refractivity contribution in [3.8, 4) is 5.75 Å². The molecule has 1 rings (SSSR count). The van der Waals surface area contributed by atoms with Gasteiger partial charge in [0.05, 0.1) is 13.7 Å². The zero-order chi connectivity index (χ0) is 16.0. The quantitative estimate of drug-likeness (QED) is 0.378. The minimum Gasteiger partial charge on any atom is -0.507 e. The third kappa shape index (κ3) is 4.34. The van der Waals surface area contributed by atoms with Crippen LogP contribution in [-0.2, 0) is 14.3 Å². The van der Waals surface area contributed by atoms with Crippen LogP contribution in [0.1, 0.15) is 30.0 Å². The van der Waals surface area contributed by atoms with Crippen molar-refractivity contribution in [3.63, 3.8) is 0 Å². The summed E-state index contributed by atoms with van der Waals surface area (Å²) < 4.78 is 9.85. The summed E-state index contributed by atoms with van der Waals surface area (Å²) in [5.41, 5.74) is 2.02. The molecule has 0 aliphatic heterocycles. The minimum absolute atomic E-state index is 0.262. The van der Waals surface area contributed by atoms with Crippen LogP contribution in [0.5, 0.6) is 5.75 Å². The molecule has 1 N–H and O–H groups in total. The van der Waals surface area contributed by atoms with Crippen molar-refractivity contribution in [2.45, 2.75) is 27.2 Å². The molecule has 0 atom stereocenters. The van der Waals surface area contributed by atoms with Gasteiger partial charge in [-0.15, -0.1) is 0 Å². The topological polar surface area (TPSA) is 72.8 Å². The lowest BCUT2D eigenvalue weighted by molar-refractivity contribution is -0.149. The first kappa shape index (κ1) is 16.8. The summed E-state index contributed by atoms with van der Waals surface area (Å²) in [6, 6.07) is 3.56. The third-order valence-electron chi connectivity index (χ3n) is 2.89. The first-order valence-corrected chi connectivity index (χ1v) is 6.68. The number of ketones is 1. The smallest absolute Gasteiger partial charge is 0.378 e. The summed E-state index contributed by atoms with van der Waals surface area (Å²) in [7, 11) is 1.11. The van der Waals surface area contributed by atoms with Gasteiger partial charge in [0, 0.05) is 11.6 Å². The molecule has 0 aliphatic carbocycles. The van der Waals surface area contributed by atoms with Crippen LogP contribution in [0, 0.1) is 13.8 Å². The van der Waals surface area contributed by atoms with E-state index < -0.39 is 11.8 Å². The predicted molar refractivity (Wildman–Crippen MR) is 79.3 cm³/mol. The Hall–Kier alpha value is -2.30. The van der Waals surface area contributed by atoms with E-state index in [2.05, 4.69) is 4.74 Å². The Balaban J connectivity index is 3.10. The predicted octanol–water partition coefficient (Wildman–Crippen LogP) is 2.73. The van der Waals surface area contributed by atoms with Crippen molar-refractivity contribution < 1.29 is 24.2 Å². The molecule has 0 saturated carbocycles. The molecule has 0 bridgehead atoms. The molecule has 0 spiro atoms. The molecule has 114 valence electrons. The van der Waals surface area contributed by atoms with Gasteiger partial charge in [-0.05, 0) is 43.5 Å². The van der Waals surface area contributed by atoms with Gasteiger partial charge in [-0.3, -0.25) is 4.79 Å². The Bertz CT molecular complexity index is 549. The molecule has 0 aromatic heterocycles. The number of carbonyl (C=O) groups excluding carboxylic acids is 2. The van der Waals surface area contributed by atoms with Crippen LogP contribution >= 0.6 is 0 Å². The number of methoxy groups -OCH3 is 1. The average molecular weight is 292 g/mol. The normalized spacial score (nSPS) is 11.1. The fourth-order valence-corrected chi connectivity index (χ4v) is 1.99. The van der Waals surface area contributed by atoms with E-state index in [4.69, 9.17) is 4.74 Å². The van der Waals surface area contributed by atoms with Gasteiger partial charge < -0.3 is 14.6 Å². The van der Waals surface area contributed by atoms with Crippen molar-refractivity contribution in [2.24, 2.45) is 0 Å². The Labute approximate surface area is 124 Å². The van der Waals surface area contributed by atoms with E-state index in [1.54, 1.807) is 26.0 Å². The maximum atomic E-state index is 11.5. The highest BCUT2D eigenvalue weighted by molar-refractivity contribution is 6.39. The molecule has 0 radical (unpaired) electrons. The standard InChI is InChI=1S/C16H20O5/c1-5-6-21-12-7-10(2)15(11(3)8-12)13(17)9-14(18)16(19)20-4/h7-9,17H,5-6H2,1-4H3/b13-9-. The molecule has 21 heavy (non-hydrogen) atoms. The van der Waals surface area contributed by atoms with Gasteiger partial charge >= 0.3 is 5.97 Å². The van der Waals surface area contributed by atoms with E-state index in [0.717, 1.165) is 30.7 Å². The largest absolute Gasteiger partial charge is 0.507 e. The van der Waals surface area contributed by atoms with Crippen LogP contribution in [0.3, 0.4) is 0 Å². The summed E-state index contributed by atoms with van der Waals surface area (Å²) in [4.78, 5) is 22.5. The number of hydrogen-bond donors (Lipinski definition) is 1. The second-order valence-corrected chi connectivity index (χ2v) is 4.67. The minimum atomic E-state index is -1.01. The Kier molecular flexibility index (Phi) is 5.96. The fourth-order valence-electron chi connectivity index (χ4n) is 1.99. The zero-order valence-electron chi connectivity index (χ0n) is 12.7. The first-order valence-electron chi connectivity index (χ1n) is 6.68. The van der Waals surface area contributed by atoms with E-state index in [0.29, 0.717) is 17.9 Å². The summed E-state index contributed by atoms with van der Waals surface area (Å²) in [5, 5.41) is 10.1. The lowest BCUT2D eigenvalue weighted by Gasteiger charge is -2.12. The van der Waals surface area contributed by atoms with Gasteiger partial charge in [-0.25, -0.2) is 4.79 Å². The summed E-state index contributed by atoms with van der Waals surface area (Å²) in [5.74, 6) is -1.47. The number of aliphatic hydroxyl groups excluding tert-OH is 1. The van der Waals surface area contributed by atoms with Crippen LogP contribution in [-0.4, -0.2) is 30.6 Å². The average Bonchev–Trinajstić information content (AvgIpc) is 2.43. The van der Waals surface area contributed by atoms with Gasteiger partial charge in [-0.1, -0.05) is 6.92 Å². The lowest BCUT2D eigenvalue weighted by atomic mass is 10.00. The second kappa shape index (κ2) is 7.47. The number of hydrogen-bond acceptors (Lipinski definition) is 5. The number of carbonyl (C=O) groups is 2. The van der Waals surface area contributed by atoms with Gasteiger partial charge in [0.25, 0.3) is 5.78 Å². The number of aryl methyl sites for hydroxylation is 2. The molecule has 1 aromatic rings. The molecular formula is C16H20O5. The van der Waals surface area contributed by atoms with E-state index >= 15 is 0 Å². The Morgan fingerprint density at radius 1 is 1.24 bits per heavy atom. The second-order valence-electron chi connectivity index (χ2n) is 4.67. The summed E-state index contributed by atoms with van der Waals surface area (Å²) in [6.45, 7) is 6.23. The van der Waals surface area contributed by atoms with Gasteiger partial charge in [0.15, 0.2) is 0 Å². The number of esters is 1. The number of aliphatic hydroxyl groups is 1. The summed E-state index contributed by atoms with van der Waals surface area (Å²) in [6.07, 6.45) is 1.77. The van der Waals surface area contributed by atoms with E-state index in [1.807, 2.05) is 6.92 Å². The van der Waals surface area contributed by atoms with Gasteiger partial charge in [0.1, 0.15) is 11.5 Å². The van der Waals surface area contributed by atoms with Crippen LogP contribution in [0.4, 0.5) is 0 Å². The fraction of sp³-hybridized carbons (Fsp3) is 0.375. The van der Waals surface area contributed by atoms with Crippen LogP contribution in [0.25, 0.3) is 5.76 Å².